The van der Waals surface area contributed by atoms with Crippen LogP contribution in [0.3, 0.4) is 0 Å². The monoisotopic (exact) mass is 594 g/mol. The molecule has 38 heavy (non-hydrogen) atoms. The number of anilines is 1. The fourth-order valence-electron chi connectivity index (χ4n) is 3.81. The van der Waals surface area contributed by atoms with Crippen molar-refractivity contribution in [2.24, 2.45) is 5.16 Å². The number of thiazole rings is 2. The highest BCUT2D eigenvalue weighted by molar-refractivity contribution is 8.06. The van der Waals surface area contributed by atoms with Crippen molar-refractivity contribution in [3.8, 4) is 0 Å². The number of β-lactam (4-membered cyclic amide) rings is 1. The van der Waals surface area contributed by atoms with Gasteiger partial charge in [-0.05, 0) is 12.1 Å². The van der Waals surface area contributed by atoms with Gasteiger partial charge in [0.2, 0.25) is 12.5 Å². The summed E-state index contributed by atoms with van der Waals surface area (Å²) in [5, 5.41) is 26.2. The number of fused-ring (bicyclic) bond motifs is 2. The number of thioether (sulfide) groups is 2. The summed E-state index contributed by atoms with van der Waals surface area (Å²) in [4.78, 5) is 63.8. The highest BCUT2D eigenvalue weighted by Crippen LogP contribution is 2.47. The SMILES string of the molecule is Nc1nc(C(=NOCC(=O)O)C(=O)NC2C(=O)N3CC(Sc4nc5ccccc5s4)(C(=O)O)CS[C@H]23)cs1. The molecule has 2 fully saturated rings. The minimum Gasteiger partial charge on any atom is -0.480 e. The van der Waals surface area contributed by atoms with Gasteiger partial charge in [-0.25, -0.2) is 14.8 Å². The number of rotatable bonds is 9. The zero-order chi connectivity index (χ0) is 27.0. The van der Waals surface area contributed by atoms with Gasteiger partial charge in [-0.2, -0.15) is 0 Å². The molecule has 2 saturated heterocycles. The Hall–Kier alpha value is -3.41. The van der Waals surface area contributed by atoms with E-state index in [0.717, 1.165) is 33.3 Å². The third kappa shape index (κ3) is 5.01. The molecule has 0 bridgehead atoms. The van der Waals surface area contributed by atoms with E-state index in [1.54, 1.807) is 0 Å². The number of benzene rings is 1. The van der Waals surface area contributed by atoms with Crippen molar-refractivity contribution in [3.63, 3.8) is 0 Å². The molecule has 17 heteroatoms. The number of nitrogens with one attached hydrogen (secondary N) is 1. The van der Waals surface area contributed by atoms with Crippen LogP contribution in [0.1, 0.15) is 5.69 Å². The quantitative estimate of drug-likeness (QED) is 0.157. The number of nitrogen functional groups attached to an aromatic ring is 1. The van der Waals surface area contributed by atoms with Crippen LogP contribution in [0, 0.1) is 0 Å². The number of oxime groups is 1. The van der Waals surface area contributed by atoms with Crippen LogP contribution in [0.5, 0.6) is 0 Å². The first-order valence-electron chi connectivity index (χ1n) is 10.8. The van der Waals surface area contributed by atoms with E-state index >= 15 is 0 Å². The number of carbonyl (C=O) groups is 4. The van der Waals surface area contributed by atoms with Crippen LogP contribution in [-0.2, 0) is 24.0 Å². The lowest BCUT2D eigenvalue weighted by Crippen LogP contribution is -2.74. The average molecular weight is 595 g/mol. The van der Waals surface area contributed by atoms with Gasteiger partial charge in [-0.3, -0.25) is 14.4 Å². The molecule has 2 aromatic heterocycles. The molecule has 5 N–H and O–H groups in total. The Morgan fingerprint density at radius 3 is 2.76 bits per heavy atom. The summed E-state index contributed by atoms with van der Waals surface area (Å²) >= 11 is 4.80. The predicted octanol–water partition coefficient (Wildman–Crippen LogP) is 1.16. The molecule has 2 aliphatic rings. The van der Waals surface area contributed by atoms with Gasteiger partial charge in [0.15, 0.2) is 15.2 Å². The second-order valence-corrected chi connectivity index (χ2v) is 12.8. The number of hydrogen-bond acceptors (Lipinski definition) is 13. The number of nitrogens with two attached hydrogens (primary N) is 1. The Kier molecular flexibility index (Phi) is 7.17. The van der Waals surface area contributed by atoms with Crippen LogP contribution >= 0.6 is 46.2 Å². The molecule has 0 saturated carbocycles. The molecule has 13 nitrogen and oxygen atoms in total. The molecule has 198 valence electrons. The molecule has 3 atom stereocenters. The molecule has 1 aromatic carbocycles. The van der Waals surface area contributed by atoms with E-state index in [4.69, 9.17) is 15.7 Å². The van der Waals surface area contributed by atoms with Crippen molar-refractivity contribution < 1.29 is 34.2 Å². The van der Waals surface area contributed by atoms with Crippen molar-refractivity contribution in [1.82, 2.24) is 20.2 Å². The maximum Gasteiger partial charge on any atom is 0.344 e. The van der Waals surface area contributed by atoms with E-state index in [9.17, 15) is 24.3 Å². The van der Waals surface area contributed by atoms with Crippen LogP contribution in [0.4, 0.5) is 5.13 Å². The average Bonchev–Trinajstić information content (AvgIpc) is 3.50. The Balaban J connectivity index is 1.29. The number of carboxylic acids is 2. The van der Waals surface area contributed by atoms with E-state index in [-0.39, 0.29) is 28.8 Å². The minimum absolute atomic E-state index is 0.0584. The number of aromatic nitrogens is 2. The van der Waals surface area contributed by atoms with E-state index in [2.05, 4.69) is 20.4 Å². The molecule has 2 amide bonds. The van der Waals surface area contributed by atoms with Gasteiger partial charge < -0.3 is 31.0 Å². The van der Waals surface area contributed by atoms with Crippen molar-refractivity contribution in [3.05, 3.63) is 35.3 Å². The summed E-state index contributed by atoms with van der Waals surface area (Å²) in [5.74, 6) is -3.43. The molecular formula is C21H18N6O7S4. The third-order valence-electron chi connectivity index (χ3n) is 5.61. The lowest BCUT2D eigenvalue weighted by atomic mass is 10.0. The summed E-state index contributed by atoms with van der Waals surface area (Å²) < 4.78 is 0.219. The van der Waals surface area contributed by atoms with Gasteiger partial charge in [0, 0.05) is 17.7 Å². The van der Waals surface area contributed by atoms with Crippen LogP contribution in [-0.4, -0.2) is 89.6 Å². The van der Waals surface area contributed by atoms with Gasteiger partial charge in [0.25, 0.3) is 5.91 Å². The van der Waals surface area contributed by atoms with Gasteiger partial charge in [0.1, 0.15) is 21.9 Å². The highest BCUT2D eigenvalue weighted by Gasteiger charge is 2.58. The molecule has 0 aliphatic carbocycles. The maximum atomic E-state index is 13.0. The predicted molar refractivity (Wildman–Crippen MR) is 142 cm³/mol. The number of amides is 2. The van der Waals surface area contributed by atoms with Gasteiger partial charge >= 0.3 is 11.9 Å². The van der Waals surface area contributed by atoms with Crippen molar-refractivity contribution in [2.45, 2.75) is 20.5 Å². The van der Waals surface area contributed by atoms with Crippen molar-refractivity contribution in [2.75, 3.05) is 24.6 Å². The lowest BCUT2D eigenvalue weighted by Gasteiger charge is -2.53. The fraction of sp³-hybridized carbons (Fsp3) is 0.286. The number of aliphatic carboxylic acids is 2. The number of carboxylic acid groups (broad SMARTS) is 2. The third-order valence-corrected chi connectivity index (χ3v) is 10.4. The van der Waals surface area contributed by atoms with Gasteiger partial charge in [0.05, 0.1) is 10.2 Å². The smallest absolute Gasteiger partial charge is 0.344 e. The summed E-state index contributed by atoms with van der Waals surface area (Å²) in [6, 6.07) is 6.56. The largest absolute Gasteiger partial charge is 0.480 e. The molecular weight excluding hydrogens is 577 g/mol. The highest BCUT2D eigenvalue weighted by atomic mass is 32.2. The Morgan fingerprint density at radius 2 is 2.08 bits per heavy atom. The topological polar surface area (TPSA) is 197 Å². The number of para-hydroxylation sites is 1. The summed E-state index contributed by atoms with van der Waals surface area (Å²) in [5.41, 5.74) is 6.14. The first kappa shape index (κ1) is 26.2. The van der Waals surface area contributed by atoms with Gasteiger partial charge in [-0.1, -0.05) is 29.1 Å². The van der Waals surface area contributed by atoms with Crippen LogP contribution in [0.15, 0.2) is 39.1 Å². The zero-order valence-electron chi connectivity index (χ0n) is 19.1. The molecule has 2 unspecified atom stereocenters. The van der Waals surface area contributed by atoms with Crippen molar-refractivity contribution in [1.29, 1.82) is 0 Å². The van der Waals surface area contributed by atoms with E-state index in [1.807, 2.05) is 24.3 Å². The summed E-state index contributed by atoms with van der Waals surface area (Å²) in [6.07, 6.45) is 0. The first-order chi connectivity index (χ1) is 18.2. The Labute approximate surface area is 230 Å². The standard InChI is InChI=1S/C21H18N6O7S4/c22-19-23-10(6-35-19)13(26-34-5-12(28)29)15(30)25-14-16(31)27-7-21(18(32)33,8-36-17(14)27)38-20-24-9-3-1-2-4-11(9)37-20/h1-4,6,14,17H,5,7-8H2,(H2,22,23)(H,25,30)(H,28,29)(H,32,33)/t14?,17-,21?/m1/s1. The van der Waals surface area contributed by atoms with Crippen LogP contribution in [0.2, 0.25) is 0 Å². The van der Waals surface area contributed by atoms with Crippen molar-refractivity contribution >= 4 is 91.0 Å². The molecule has 0 radical (unpaired) electrons. The Bertz CT molecular complexity index is 1440. The second-order valence-electron chi connectivity index (χ2n) is 8.15. The van der Waals surface area contributed by atoms with Gasteiger partial charge in [-0.15, -0.1) is 34.4 Å². The second kappa shape index (κ2) is 10.4. The molecule has 0 spiro atoms. The minimum atomic E-state index is -1.31. The van der Waals surface area contributed by atoms with E-state index in [1.165, 1.54) is 33.4 Å². The van der Waals surface area contributed by atoms with E-state index < -0.39 is 46.5 Å². The molecule has 2 aliphatic heterocycles. The summed E-state index contributed by atoms with van der Waals surface area (Å²) in [7, 11) is 0. The zero-order valence-corrected chi connectivity index (χ0v) is 22.4. The molecule has 5 rings (SSSR count). The number of nitrogens with zero attached hydrogens (tertiary/aromatic N) is 4. The molecule has 3 aromatic rings. The summed E-state index contributed by atoms with van der Waals surface area (Å²) in [6.45, 7) is -0.842. The van der Waals surface area contributed by atoms with Crippen LogP contribution < -0.4 is 11.1 Å². The number of carbonyl (C=O) groups excluding carboxylic acids is 2. The number of hydrogen-bond donors (Lipinski definition) is 4. The van der Waals surface area contributed by atoms with Crippen LogP contribution in [0.25, 0.3) is 10.2 Å². The first-order valence-corrected chi connectivity index (χ1v) is 14.4. The maximum absolute atomic E-state index is 13.0. The Morgan fingerprint density at radius 1 is 1.29 bits per heavy atom. The molecule has 4 heterocycles. The fourth-order valence-corrected chi connectivity index (χ4v) is 8.57. The normalized spacial score (nSPS) is 23.0. The lowest BCUT2D eigenvalue weighted by molar-refractivity contribution is -0.151. The van der Waals surface area contributed by atoms with E-state index in [0.29, 0.717) is 4.34 Å².